The summed E-state index contributed by atoms with van der Waals surface area (Å²) in [7, 11) is -1.87. The van der Waals surface area contributed by atoms with E-state index in [1.165, 1.54) is 4.31 Å². The summed E-state index contributed by atoms with van der Waals surface area (Å²) in [4.78, 5) is 0.256. The Morgan fingerprint density at radius 1 is 1.05 bits per heavy atom. The Hall–Kier alpha value is -0.910. The van der Waals surface area contributed by atoms with E-state index in [0.717, 1.165) is 0 Å². The van der Waals surface area contributed by atoms with Gasteiger partial charge in [-0.05, 0) is 37.5 Å². The molecule has 1 N–H and O–H groups in total. The van der Waals surface area contributed by atoms with Crippen LogP contribution in [-0.4, -0.2) is 30.9 Å². The SMILES string of the molecule is CC(O)c1ccc(S(=O)(=O)N(C)C(C)C(C)C)cc1. The van der Waals surface area contributed by atoms with Gasteiger partial charge in [0.05, 0.1) is 11.0 Å². The van der Waals surface area contributed by atoms with Gasteiger partial charge in [-0.1, -0.05) is 26.0 Å². The maximum absolute atomic E-state index is 12.4. The lowest BCUT2D eigenvalue weighted by molar-refractivity contribution is 0.199. The lowest BCUT2D eigenvalue weighted by Crippen LogP contribution is -2.38. The molecule has 1 aromatic carbocycles. The summed E-state index contributed by atoms with van der Waals surface area (Å²) >= 11 is 0. The van der Waals surface area contributed by atoms with E-state index in [-0.39, 0.29) is 16.9 Å². The second kappa shape index (κ2) is 6.03. The highest BCUT2D eigenvalue weighted by atomic mass is 32.2. The third-order valence-corrected chi connectivity index (χ3v) is 5.54. The molecule has 0 heterocycles. The van der Waals surface area contributed by atoms with Gasteiger partial charge in [0.15, 0.2) is 0 Å². The summed E-state index contributed by atoms with van der Waals surface area (Å²) in [6, 6.07) is 6.31. The van der Waals surface area contributed by atoms with Crippen LogP contribution in [0.5, 0.6) is 0 Å². The van der Waals surface area contributed by atoms with Crippen LogP contribution in [0.25, 0.3) is 0 Å². The molecule has 1 rings (SSSR count). The largest absolute Gasteiger partial charge is 0.389 e. The Labute approximate surface area is 116 Å². The van der Waals surface area contributed by atoms with E-state index in [0.29, 0.717) is 5.56 Å². The Morgan fingerprint density at radius 3 is 1.89 bits per heavy atom. The third-order valence-electron chi connectivity index (χ3n) is 3.58. The predicted octanol–water partition coefficient (Wildman–Crippen LogP) is 2.40. The maximum atomic E-state index is 12.4. The van der Waals surface area contributed by atoms with Crippen LogP contribution in [0, 0.1) is 5.92 Å². The van der Waals surface area contributed by atoms with Crippen molar-refractivity contribution in [1.82, 2.24) is 4.31 Å². The molecule has 5 heteroatoms. The Balaban J connectivity index is 3.07. The van der Waals surface area contributed by atoms with Crippen LogP contribution in [0.2, 0.25) is 0 Å². The number of hydrogen-bond donors (Lipinski definition) is 1. The number of aliphatic hydroxyl groups excluding tert-OH is 1. The van der Waals surface area contributed by atoms with E-state index in [1.807, 2.05) is 20.8 Å². The van der Waals surface area contributed by atoms with Crippen LogP contribution in [0.15, 0.2) is 29.2 Å². The topological polar surface area (TPSA) is 57.6 Å². The summed E-state index contributed by atoms with van der Waals surface area (Å²) in [5.41, 5.74) is 0.707. The van der Waals surface area contributed by atoms with Crippen LogP contribution >= 0.6 is 0 Å². The van der Waals surface area contributed by atoms with E-state index >= 15 is 0 Å². The number of sulfonamides is 1. The molecule has 0 aliphatic carbocycles. The third kappa shape index (κ3) is 3.55. The van der Waals surface area contributed by atoms with E-state index in [9.17, 15) is 13.5 Å². The van der Waals surface area contributed by atoms with Crippen molar-refractivity contribution in [2.24, 2.45) is 5.92 Å². The van der Waals surface area contributed by atoms with Crippen molar-refractivity contribution in [3.05, 3.63) is 29.8 Å². The first-order valence-corrected chi connectivity index (χ1v) is 7.88. The molecule has 4 nitrogen and oxygen atoms in total. The molecule has 0 spiro atoms. The fourth-order valence-electron chi connectivity index (χ4n) is 1.72. The quantitative estimate of drug-likeness (QED) is 0.904. The summed E-state index contributed by atoms with van der Waals surface area (Å²) < 4.78 is 26.2. The molecule has 0 saturated carbocycles. The zero-order valence-electron chi connectivity index (χ0n) is 12.2. The van der Waals surface area contributed by atoms with E-state index in [1.54, 1.807) is 38.2 Å². The molecule has 0 saturated heterocycles. The van der Waals surface area contributed by atoms with Crippen molar-refractivity contribution in [2.75, 3.05) is 7.05 Å². The molecule has 19 heavy (non-hydrogen) atoms. The highest BCUT2D eigenvalue weighted by Gasteiger charge is 2.26. The average Bonchev–Trinajstić information content (AvgIpc) is 2.36. The second-order valence-electron chi connectivity index (χ2n) is 5.25. The van der Waals surface area contributed by atoms with Crippen molar-refractivity contribution >= 4 is 10.0 Å². The Bertz CT molecular complexity index is 506. The highest BCUT2D eigenvalue weighted by Crippen LogP contribution is 2.21. The molecule has 108 valence electrons. The first-order valence-electron chi connectivity index (χ1n) is 6.44. The zero-order valence-corrected chi connectivity index (χ0v) is 13.0. The first kappa shape index (κ1) is 16.1. The van der Waals surface area contributed by atoms with Gasteiger partial charge in [-0.2, -0.15) is 4.31 Å². The van der Waals surface area contributed by atoms with Gasteiger partial charge in [0.2, 0.25) is 10.0 Å². The van der Waals surface area contributed by atoms with Crippen LogP contribution in [0.3, 0.4) is 0 Å². The molecule has 1 aromatic rings. The van der Waals surface area contributed by atoms with Crippen molar-refractivity contribution in [2.45, 2.75) is 44.7 Å². The monoisotopic (exact) mass is 285 g/mol. The molecular formula is C14H23NO3S. The predicted molar refractivity (Wildman–Crippen MR) is 76.3 cm³/mol. The minimum Gasteiger partial charge on any atom is -0.389 e. The van der Waals surface area contributed by atoms with Gasteiger partial charge in [-0.3, -0.25) is 0 Å². The molecule has 0 aliphatic rings. The van der Waals surface area contributed by atoms with Gasteiger partial charge in [-0.25, -0.2) is 8.42 Å². The van der Waals surface area contributed by atoms with Crippen LogP contribution in [-0.2, 0) is 10.0 Å². The van der Waals surface area contributed by atoms with Gasteiger partial charge in [0.1, 0.15) is 0 Å². The summed E-state index contributed by atoms with van der Waals surface area (Å²) in [6.07, 6.45) is -0.593. The number of benzene rings is 1. The van der Waals surface area contributed by atoms with Gasteiger partial charge in [-0.15, -0.1) is 0 Å². The summed E-state index contributed by atoms with van der Waals surface area (Å²) in [6.45, 7) is 7.53. The molecular weight excluding hydrogens is 262 g/mol. The fourth-order valence-corrected chi connectivity index (χ4v) is 3.22. The minimum absolute atomic E-state index is 0.0681. The molecule has 0 bridgehead atoms. The maximum Gasteiger partial charge on any atom is 0.243 e. The normalized spacial score (nSPS) is 15.8. The molecule has 0 aromatic heterocycles. The standard InChI is InChI=1S/C14H23NO3S/c1-10(2)11(3)15(5)19(17,18)14-8-6-13(7-9-14)12(4)16/h6-12,16H,1-5H3. The van der Waals surface area contributed by atoms with Crippen LogP contribution < -0.4 is 0 Å². The minimum atomic E-state index is -3.47. The molecule has 0 amide bonds. The Kier molecular flexibility index (Phi) is 5.12. The number of nitrogens with zero attached hydrogens (tertiary/aromatic N) is 1. The summed E-state index contributed by atoms with van der Waals surface area (Å²) in [5, 5.41) is 9.43. The van der Waals surface area contributed by atoms with E-state index in [2.05, 4.69) is 0 Å². The second-order valence-corrected chi connectivity index (χ2v) is 7.25. The van der Waals surface area contributed by atoms with Gasteiger partial charge >= 0.3 is 0 Å². The molecule has 0 aliphatic heterocycles. The van der Waals surface area contributed by atoms with E-state index < -0.39 is 16.1 Å². The molecule has 0 radical (unpaired) electrons. The fraction of sp³-hybridized carbons (Fsp3) is 0.571. The lowest BCUT2D eigenvalue weighted by Gasteiger charge is -2.27. The van der Waals surface area contributed by atoms with Crippen molar-refractivity contribution < 1.29 is 13.5 Å². The van der Waals surface area contributed by atoms with Crippen molar-refractivity contribution in [3.8, 4) is 0 Å². The van der Waals surface area contributed by atoms with E-state index in [4.69, 9.17) is 0 Å². The summed E-state index contributed by atoms with van der Waals surface area (Å²) in [5.74, 6) is 0.247. The van der Waals surface area contributed by atoms with Crippen molar-refractivity contribution in [3.63, 3.8) is 0 Å². The van der Waals surface area contributed by atoms with Crippen LogP contribution in [0.1, 0.15) is 39.4 Å². The molecule has 2 atom stereocenters. The van der Waals surface area contributed by atoms with Crippen molar-refractivity contribution in [1.29, 1.82) is 0 Å². The number of hydrogen-bond acceptors (Lipinski definition) is 3. The first-order chi connectivity index (χ1) is 8.67. The van der Waals surface area contributed by atoms with Gasteiger partial charge in [0.25, 0.3) is 0 Å². The molecule has 2 unspecified atom stereocenters. The smallest absolute Gasteiger partial charge is 0.243 e. The zero-order chi connectivity index (χ0) is 14.8. The number of rotatable bonds is 5. The highest BCUT2D eigenvalue weighted by molar-refractivity contribution is 7.89. The average molecular weight is 285 g/mol. The van der Waals surface area contributed by atoms with Gasteiger partial charge in [0, 0.05) is 13.1 Å². The van der Waals surface area contributed by atoms with Crippen LogP contribution in [0.4, 0.5) is 0 Å². The van der Waals surface area contributed by atoms with Gasteiger partial charge < -0.3 is 5.11 Å². The molecule has 0 fully saturated rings. The number of aliphatic hydroxyl groups is 1. The lowest BCUT2D eigenvalue weighted by atomic mass is 10.1. The Morgan fingerprint density at radius 2 is 1.53 bits per heavy atom.